The molecule has 1 saturated heterocycles. The van der Waals surface area contributed by atoms with E-state index in [0.717, 1.165) is 5.56 Å². The number of piperazine rings is 1. The molecule has 0 saturated carbocycles. The molecule has 1 fully saturated rings. The van der Waals surface area contributed by atoms with E-state index in [1.807, 2.05) is 49.3 Å². The maximum absolute atomic E-state index is 12.8. The topological polar surface area (TPSA) is 26.8 Å². The molecule has 0 spiro atoms. The van der Waals surface area contributed by atoms with Gasteiger partial charge in [-0.1, -0.05) is 30.3 Å². The summed E-state index contributed by atoms with van der Waals surface area (Å²) in [7, 11) is 3.80. The molecule has 128 valence electrons. The van der Waals surface area contributed by atoms with Crippen LogP contribution in [0.25, 0.3) is 0 Å². The molecular formula is C17H25F2N3O. The van der Waals surface area contributed by atoms with Gasteiger partial charge in [0.05, 0.1) is 12.6 Å². The van der Waals surface area contributed by atoms with Crippen LogP contribution in [-0.4, -0.2) is 79.9 Å². The van der Waals surface area contributed by atoms with Gasteiger partial charge in [0.25, 0.3) is 6.43 Å². The Morgan fingerprint density at radius 2 is 1.74 bits per heavy atom. The lowest BCUT2D eigenvalue weighted by atomic mass is 10.0. The van der Waals surface area contributed by atoms with E-state index in [0.29, 0.717) is 32.6 Å². The molecule has 23 heavy (non-hydrogen) atoms. The quantitative estimate of drug-likeness (QED) is 0.794. The zero-order chi connectivity index (χ0) is 16.8. The minimum absolute atomic E-state index is 0.0792. The SMILES string of the molecule is CN(C)[C@H](Cc1ccccc1)C(=O)N1CCN(CC(F)F)CC1. The molecule has 1 aliphatic rings. The molecule has 0 aliphatic carbocycles. The van der Waals surface area contributed by atoms with Gasteiger partial charge in [-0.05, 0) is 26.1 Å². The van der Waals surface area contributed by atoms with Crippen LogP contribution in [0.1, 0.15) is 5.56 Å². The molecule has 0 bridgehead atoms. The van der Waals surface area contributed by atoms with Gasteiger partial charge in [-0.2, -0.15) is 0 Å². The third-order valence-electron chi connectivity index (χ3n) is 4.26. The van der Waals surface area contributed by atoms with Crippen molar-refractivity contribution in [2.45, 2.75) is 18.9 Å². The van der Waals surface area contributed by atoms with Crippen molar-refractivity contribution in [3.63, 3.8) is 0 Å². The van der Waals surface area contributed by atoms with Crippen molar-refractivity contribution in [3.8, 4) is 0 Å². The molecule has 1 aromatic carbocycles. The lowest BCUT2D eigenvalue weighted by Crippen LogP contribution is -2.54. The van der Waals surface area contributed by atoms with Crippen LogP contribution >= 0.6 is 0 Å². The Morgan fingerprint density at radius 3 is 2.26 bits per heavy atom. The molecule has 0 aromatic heterocycles. The average Bonchev–Trinajstić information content (AvgIpc) is 2.53. The van der Waals surface area contributed by atoms with Crippen molar-refractivity contribution in [1.29, 1.82) is 0 Å². The first kappa shape index (κ1) is 17.8. The predicted molar refractivity (Wildman–Crippen MR) is 86.6 cm³/mol. The molecule has 1 amide bonds. The zero-order valence-electron chi connectivity index (χ0n) is 13.8. The number of carbonyl (C=O) groups is 1. The maximum atomic E-state index is 12.8. The first-order chi connectivity index (χ1) is 11.0. The van der Waals surface area contributed by atoms with Crippen LogP contribution in [0.3, 0.4) is 0 Å². The van der Waals surface area contributed by atoms with E-state index in [2.05, 4.69) is 0 Å². The fourth-order valence-electron chi connectivity index (χ4n) is 2.88. The van der Waals surface area contributed by atoms with E-state index >= 15 is 0 Å². The monoisotopic (exact) mass is 325 g/mol. The van der Waals surface area contributed by atoms with Crippen molar-refractivity contribution >= 4 is 5.91 Å². The summed E-state index contributed by atoms with van der Waals surface area (Å²) in [5.41, 5.74) is 1.12. The molecule has 1 aromatic rings. The Bertz CT molecular complexity index is 488. The summed E-state index contributed by atoms with van der Waals surface area (Å²) in [4.78, 5) is 18.2. The Hall–Kier alpha value is -1.53. The van der Waals surface area contributed by atoms with Crippen LogP contribution in [0.2, 0.25) is 0 Å². The summed E-state index contributed by atoms with van der Waals surface area (Å²) >= 11 is 0. The second-order valence-electron chi connectivity index (χ2n) is 6.19. The summed E-state index contributed by atoms with van der Waals surface area (Å²) in [6, 6.07) is 9.71. The van der Waals surface area contributed by atoms with E-state index < -0.39 is 6.43 Å². The van der Waals surface area contributed by atoms with Gasteiger partial charge in [-0.3, -0.25) is 14.6 Å². The fraction of sp³-hybridized carbons (Fsp3) is 0.588. The van der Waals surface area contributed by atoms with Gasteiger partial charge in [-0.15, -0.1) is 0 Å². The van der Waals surface area contributed by atoms with E-state index in [-0.39, 0.29) is 18.5 Å². The van der Waals surface area contributed by atoms with E-state index in [1.54, 1.807) is 9.80 Å². The number of halogens is 2. The number of rotatable bonds is 6. The van der Waals surface area contributed by atoms with E-state index in [9.17, 15) is 13.6 Å². The Balaban J connectivity index is 1.94. The summed E-state index contributed by atoms with van der Waals surface area (Å²) in [5, 5.41) is 0. The van der Waals surface area contributed by atoms with E-state index in [1.165, 1.54) is 0 Å². The number of likely N-dealkylation sites (N-methyl/N-ethyl adjacent to an activating group) is 1. The van der Waals surface area contributed by atoms with Crippen LogP contribution in [0.4, 0.5) is 8.78 Å². The first-order valence-electron chi connectivity index (χ1n) is 7.97. The van der Waals surface area contributed by atoms with Gasteiger partial charge in [0.2, 0.25) is 5.91 Å². The van der Waals surface area contributed by atoms with Crippen molar-refractivity contribution in [3.05, 3.63) is 35.9 Å². The second-order valence-corrected chi connectivity index (χ2v) is 6.19. The molecule has 1 heterocycles. The van der Waals surface area contributed by atoms with Crippen molar-refractivity contribution in [2.75, 3.05) is 46.8 Å². The third-order valence-corrected chi connectivity index (χ3v) is 4.26. The number of alkyl halides is 2. The van der Waals surface area contributed by atoms with Gasteiger partial charge in [-0.25, -0.2) is 8.78 Å². The van der Waals surface area contributed by atoms with Crippen LogP contribution in [0, 0.1) is 0 Å². The van der Waals surface area contributed by atoms with Crippen LogP contribution in [0.5, 0.6) is 0 Å². The number of hydrogen-bond donors (Lipinski definition) is 0. The number of amides is 1. The van der Waals surface area contributed by atoms with Crippen LogP contribution in [0.15, 0.2) is 30.3 Å². The minimum atomic E-state index is -2.31. The van der Waals surface area contributed by atoms with Crippen molar-refractivity contribution in [1.82, 2.24) is 14.7 Å². The smallest absolute Gasteiger partial charge is 0.251 e. The highest BCUT2D eigenvalue weighted by Gasteiger charge is 2.29. The minimum Gasteiger partial charge on any atom is -0.339 e. The zero-order valence-corrected chi connectivity index (χ0v) is 13.8. The largest absolute Gasteiger partial charge is 0.339 e. The lowest BCUT2D eigenvalue weighted by molar-refractivity contribution is -0.138. The fourth-order valence-corrected chi connectivity index (χ4v) is 2.88. The maximum Gasteiger partial charge on any atom is 0.251 e. The summed E-state index contributed by atoms with van der Waals surface area (Å²) in [6.45, 7) is 1.86. The summed E-state index contributed by atoms with van der Waals surface area (Å²) < 4.78 is 24.8. The molecule has 1 atom stereocenters. The Labute approximate surface area is 136 Å². The highest BCUT2D eigenvalue weighted by Crippen LogP contribution is 2.12. The first-order valence-corrected chi connectivity index (χ1v) is 7.97. The molecule has 0 radical (unpaired) electrons. The molecule has 0 unspecified atom stereocenters. The van der Waals surface area contributed by atoms with Gasteiger partial charge < -0.3 is 4.90 Å². The predicted octanol–water partition coefficient (Wildman–Crippen LogP) is 1.57. The summed E-state index contributed by atoms with van der Waals surface area (Å²) in [6.07, 6.45) is -1.66. The highest BCUT2D eigenvalue weighted by molar-refractivity contribution is 5.82. The van der Waals surface area contributed by atoms with Gasteiger partial charge in [0, 0.05) is 26.2 Å². The van der Waals surface area contributed by atoms with Gasteiger partial charge in [0.1, 0.15) is 0 Å². The molecule has 2 rings (SSSR count). The van der Waals surface area contributed by atoms with Crippen molar-refractivity contribution < 1.29 is 13.6 Å². The lowest BCUT2D eigenvalue weighted by Gasteiger charge is -2.37. The number of benzene rings is 1. The Morgan fingerprint density at radius 1 is 1.13 bits per heavy atom. The molecular weight excluding hydrogens is 300 g/mol. The van der Waals surface area contributed by atoms with Gasteiger partial charge >= 0.3 is 0 Å². The Kier molecular flexibility index (Phi) is 6.47. The standard InChI is InChI=1S/C17H25F2N3O/c1-20(2)15(12-14-6-4-3-5-7-14)17(23)22-10-8-21(9-11-22)13-16(18)19/h3-7,15-16H,8-13H2,1-2H3/t15-/m1/s1. The third kappa shape index (κ3) is 5.25. The highest BCUT2D eigenvalue weighted by atomic mass is 19.3. The van der Waals surface area contributed by atoms with Crippen LogP contribution in [-0.2, 0) is 11.2 Å². The van der Waals surface area contributed by atoms with E-state index in [4.69, 9.17) is 0 Å². The normalized spacial score (nSPS) is 17.7. The number of hydrogen-bond acceptors (Lipinski definition) is 3. The number of carbonyl (C=O) groups excluding carboxylic acids is 1. The van der Waals surface area contributed by atoms with Gasteiger partial charge in [0.15, 0.2) is 0 Å². The second kappa shape index (κ2) is 8.36. The molecule has 6 heteroatoms. The number of nitrogens with zero attached hydrogens (tertiary/aromatic N) is 3. The molecule has 0 N–H and O–H groups in total. The summed E-state index contributed by atoms with van der Waals surface area (Å²) in [5.74, 6) is 0.0792. The average molecular weight is 325 g/mol. The molecule has 4 nitrogen and oxygen atoms in total. The van der Waals surface area contributed by atoms with Crippen LogP contribution < -0.4 is 0 Å². The van der Waals surface area contributed by atoms with Crippen molar-refractivity contribution in [2.24, 2.45) is 0 Å². The molecule has 1 aliphatic heterocycles.